The molecule has 7 heteroatoms. The van der Waals surface area contributed by atoms with Crippen molar-refractivity contribution >= 4 is 17.7 Å². The van der Waals surface area contributed by atoms with Gasteiger partial charge in [0.15, 0.2) is 12.4 Å². The number of carbonyl (C=O) groups is 3. The number of carbonyl (C=O) groups excluding carboxylic acids is 3. The number of rotatable bonds is 5. The maximum Gasteiger partial charge on any atom is 0.339 e. The van der Waals surface area contributed by atoms with Crippen LogP contribution in [0.5, 0.6) is 0 Å². The van der Waals surface area contributed by atoms with E-state index in [-0.39, 0.29) is 5.78 Å². The van der Waals surface area contributed by atoms with E-state index in [9.17, 15) is 14.4 Å². The van der Waals surface area contributed by atoms with Crippen molar-refractivity contribution in [2.75, 3.05) is 7.11 Å². The van der Waals surface area contributed by atoms with Gasteiger partial charge in [-0.05, 0) is 25.5 Å². The summed E-state index contributed by atoms with van der Waals surface area (Å²) in [6.07, 6.45) is 3.21. The zero-order valence-corrected chi connectivity index (χ0v) is 14.0. The predicted octanol–water partition coefficient (Wildman–Crippen LogP) is 1.25. The number of ketones is 1. The summed E-state index contributed by atoms with van der Waals surface area (Å²) in [4.78, 5) is 38.9. The Hall–Kier alpha value is -2.96. The van der Waals surface area contributed by atoms with Gasteiger partial charge in [0.05, 0.1) is 18.4 Å². The number of hydrogen-bond donors (Lipinski definition) is 2. The molecule has 0 bridgehead atoms. The van der Waals surface area contributed by atoms with Gasteiger partial charge >= 0.3 is 5.97 Å². The number of amides is 1. The van der Waals surface area contributed by atoms with Gasteiger partial charge in [-0.25, -0.2) is 4.79 Å². The molecule has 0 fully saturated rings. The van der Waals surface area contributed by atoms with Gasteiger partial charge in [0.25, 0.3) is 5.91 Å². The number of methoxy groups -OCH3 is 1. The Kier molecular flexibility index (Phi) is 4.82. The SMILES string of the molecule is COC(=O)c1c(C)[nH]c(C(=O)[C@H](C)[n+]2cccc(C(N)=O)c2)c1C. The second kappa shape index (κ2) is 6.66. The molecule has 2 heterocycles. The molecule has 126 valence electrons. The standard InChI is InChI=1S/C17H19N3O4/c1-9-13(17(23)24-4)10(2)19-14(9)15(21)11(3)20-7-5-6-12(8-20)16(18)22/h5-8,11H,1-4H3,(H2-,18,19,21,22,23)/p+1/t11-/m0/s1. The molecule has 7 nitrogen and oxygen atoms in total. The fourth-order valence-corrected chi connectivity index (χ4v) is 2.63. The lowest BCUT2D eigenvalue weighted by Crippen LogP contribution is -2.43. The molecule has 0 aromatic carbocycles. The highest BCUT2D eigenvalue weighted by Crippen LogP contribution is 2.21. The minimum atomic E-state index is -0.577. The molecule has 2 rings (SSSR count). The molecule has 0 aliphatic carbocycles. The first-order valence-electron chi connectivity index (χ1n) is 7.40. The van der Waals surface area contributed by atoms with Gasteiger partial charge in [0.2, 0.25) is 11.8 Å². The number of pyridine rings is 1. The number of nitrogens with two attached hydrogens (primary N) is 1. The van der Waals surface area contributed by atoms with Crippen LogP contribution in [0.4, 0.5) is 0 Å². The van der Waals surface area contributed by atoms with Crippen molar-refractivity contribution in [3.8, 4) is 0 Å². The molecule has 0 saturated heterocycles. The minimum Gasteiger partial charge on any atom is -0.465 e. The van der Waals surface area contributed by atoms with Crippen molar-refractivity contribution in [3.05, 3.63) is 52.6 Å². The van der Waals surface area contributed by atoms with Gasteiger partial charge in [0.1, 0.15) is 5.56 Å². The maximum absolute atomic E-state index is 12.8. The van der Waals surface area contributed by atoms with Crippen molar-refractivity contribution in [1.29, 1.82) is 0 Å². The zero-order valence-electron chi connectivity index (χ0n) is 14.0. The number of primary amides is 1. The summed E-state index contributed by atoms with van der Waals surface area (Å²) in [5, 5.41) is 0. The number of H-pyrrole nitrogens is 1. The van der Waals surface area contributed by atoms with Crippen LogP contribution in [0.1, 0.15) is 55.4 Å². The third-order valence-corrected chi connectivity index (χ3v) is 4.01. The Morgan fingerprint density at radius 3 is 2.54 bits per heavy atom. The largest absolute Gasteiger partial charge is 0.465 e. The van der Waals surface area contributed by atoms with E-state index >= 15 is 0 Å². The zero-order chi connectivity index (χ0) is 18.0. The molecule has 2 aromatic rings. The average Bonchev–Trinajstić information content (AvgIpc) is 2.87. The summed E-state index contributed by atoms with van der Waals surface area (Å²) in [5.74, 6) is -1.27. The Morgan fingerprint density at radius 2 is 1.96 bits per heavy atom. The lowest BCUT2D eigenvalue weighted by molar-refractivity contribution is -0.704. The number of hydrogen-bond acceptors (Lipinski definition) is 4. The summed E-state index contributed by atoms with van der Waals surface area (Å²) < 4.78 is 6.36. The van der Waals surface area contributed by atoms with Crippen LogP contribution in [-0.4, -0.2) is 29.8 Å². The lowest BCUT2D eigenvalue weighted by Gasteiger charge is -2.07. The number of ether oxygens (including phenoxy) is 1. The highest BCUT2D eigenvalue weighted by atomic mass is 16.5. The van der Waals surface area contributed by atoms with Crippen LogP contribution < -0.4 is 10.3 Å². The number of nitrogens with zero attached hydrogens (tertiary/aromatic N) is 1. The molecule has 0 aliphatic rings. The lowest BCUT2D eigenvalue weighted by atomic mass is 10.0. The van der Waals surface area contributed by atoms with Gasteiger partial charge in [-0.2, -0.15) is 4.57 Å². The van der Waals surface area contributed by atoms with Crippen LogP contribution in [0.2, 0.25) is 0 Å². The highest BCUT2D eigenvalue weighted by Gasteiger charge is 2.30. The van der Waals surface area contributed by atoms with Crippen molar-refractivity contribution in [2.45, 2.75) is 26.8 Å². The predicted molar refractivity (Wildman–Crippen MR) is 85.8 cm³/mol. The van der Waals surface area contributed by atoms with Gasteiger partial charge in [-0.3, -0.25) is 9.59 Å². The molecule has 0 saturated carbocycles. The molecule has 1 amide bonds. The minimum absolute atomic E-state index is 0.211. The fraction of sp³-hybridized carbons (Fsp3) is 0.294. The van der Waals surface area contributed by atoms with Gasteiger partial charge in [0, 0.05) is 18.7 Å². The van der Waals surface area contributed by atoms with E-state index < -0.39 is 17.9 Å². The van der Waals surface area contributed by atoms with Crippen LogP contribution in [0.25, 0.3) is 0 Å². The second-order valence-electron chi connectivity index (χ2n) is 5.56. The molecule has 0 unspecified atom stereocenters. The molecule has 2 aromatic heterocycles. The number of nitrogens with one attached hydrogen (secondary N) is 1. The van der Waals surface area contributed by atoms with Crippen LogP contribution in [0.15, 0.2) is 24.5 Å². The quantitative estimate of drug-likeness (QED) is 0.489. The second-order valence-corrected chi connectivity index (χ2v) is 5.56. The summed E-state index contributed by atoms with van der Waals surface area (Å²) in [5.41, 5.74) is 7.41. The van der Waals surface area contributed by atoms with Crippen molar-refractivity contribution in [1.82, 2.24) is 4.98 Å². The molecule has 1 atom stereocenters. The average molecular weight is 330 g/mol. The first-order valence-corrected chi connectivity index (χ1v) is 7.40. The van der Waals surface area contributed by atoms with Crippen LogP contribution in [0.3, 0.4) is 0 Å². The van der Waals surface area contributed by atoms with Crippen LogP contribution in [0, 0.1) is 13.8 Å². The Balaban J connectivity index is 2.40. The molecular weight excluding hydrogens is 310 g/mol. The van der Waals surface area contributed by atoms with E-state index in [1.54, 1.807) is 43.7 Å². The van der Waals surface area contributed by atoms with E-state index in [0.29, 0.717) is 28.1 Å². The Bertz CT molecular complexity index is 823. The molecule has 0 spiro atoms. The third kappa shape index (κ3) is 3.05. The van der Waals surface area contributed by atoms with E-state index in [0.717, 1.165) is 0 Å². The van der Waals surface area contributed by atoms with Gasteiger partial charge in [-0.15, -0.1) is 0 Å². The fourth-order valence-electron chi connectivity index (χ4n) is 2.63. The monoisotopic (exact) mass is 330 g/mol. The Morgan fingerprint density at radius 1 is 1.29 bits per heavy atom. The third-order valence-electron chi connectivity index (χ3n) is 4.01. The van der Waals surface area contributed by atoms with Crippen molar-refractivity contribution in [3.63, 3.8) is 0 Å². The van der Waals surface area contributed by atoms with Crippen molar-refractivity contribution < 1.29 is 23.7 Å². The van der Waals surface area contributed by atoms with Crippen molar-refractivity contribution in [2.24, 2.45) is 5.73 Å². The Labute approximate surface area is 139 Å². The van der Waals surface area contributed by atoms with E-state index in [1.807, 2.05) is 0 Å². The number of aromatic nitrogens is 2. The summed E-state index contributed by atoms with van der Waals surface area (Å²) in [6, 6.07) is 2.65. The topological polar surface area (TPSA) is 106 Å². The molecule has 24 heavy (non-hydrogen) atoms. The summed E-state index contributed by atoms with van der Waals surface area (Å²) >= 11 is 0. The first kappa shape index (κ1) is 17.4. The van der Waals surface area contributed by atoms with E-state index in [1.165, 1.54) is 13.3 Å². The van der Waals surface area contributed by atoms with Crippen LogP contribution >= 0.6 is 0 Å². The van der Waals surface area contributed by atoms with Crippen LogP contribution in [-0.2, 0) is 4.74 Å². The maximum atomic E-state index is 12.8. The molecule has 0 radical (unpaired) electrons. The summed E-state index contributed by atoms with van der Waals surface area (Å²) in [6.45, 7) is 5.11. The van der Waals surface area contributed by atoms with Gasteiger partial charge < -0.3 is 15.5 Å². The smallest absolute Gasteiger partial charge is 0.339 e. The summed E-state index contributed by atoms with van der Waals surface area (Å²) in [7, 11) is 1.30. The molecule has 3 N–H and O–H groups in total. The number of aryl methyl sites for hydroxylation is 1. The number of esters is 1. The van der Waals surface area contributed by atoms with E-state index in [2.05, 4.69) is 4.98 Å². The number of aromatic amines is 1. The van der Waals surface area contributed by atoms with Gasteiger partial charge in [-0.1, -0.05) is 0 Å². The molecule has 0 aliphatic heterocycles. The normalized spacial score (nSPS) is 11.8. The molecular formula is C17H20N3O4+. The first-order chi connectivity index (χ1) is 11.3. The van der Waals surface area contributed by atoms with E-state index in [4.69, 9.17) is 10.5 Å². The highest BCUT2D eigenvalue weighted by molar-refractivity contribution is 6.02. The number of Topliss-reactive ketones (excluding diaryl/α,β-unsaturated/α-hetero) is 1.